The molecular formula is C13H19FN2O4S. The number of benzene rings is 1. The predicted octanol–water partition coefficient (Wildman–Crippen LogP) is 2.69. The normalized spacial score (nSPS) is 12.7. The monoisotopic (exact) mass is 318 g/mol. The third-order valence-corrected chi connectivity index (χ3v) is 5.11. The van der Waals surface area contributed by atoms with E-state index < -0.39 is 26.5 Å². The summed E-state index contributed by atoms with van der Waals surface area (Å²) >= 11 is 0. The van der Waals surface area contributed by atoms with Gasteiger partial charge >= 0.3 is 5.69 Å². The molecular weight excluding hydrogens is 299 g/mol. The van der Waals surface area contributed by atoms with Gasteiger partial charge in [-0.05, 0) is 17.4 Å². The molecule has 8 heteroatoms. The summed E-state index contributed by atoms with van der Waals surface area (Å²) in [7, 11) is -3.90. The number of halogens is 1. The minimum absolute atomic E-state index is 0.186. The second-order valence-corrected chi connectivity index (χ2v) is 7.61. The van der Waals surface area contributed by atoms with Gasteiger partial charge in [0, 0.05) is 18.7 Å². The van der Waals surface area contributed by atoms with Crippen LogP contribution in [0.4, 0.5) is 10.1 Å². The van der Waals surface area contributed by atoms with Crippen LogP contribution in [0.25, 0.3) is 0 Å². The van der Waals surface area contributed by atoms with Crippen LogP contribution in [-0.4, -0.2) is 19.9 Å². The Morgan fingerprint density at radius 2 is 1.95 bits per heavy atom. The van der Waals surface area contributed by atoms with Crippen LogP contribution < -0.4 is 4.72 Å². The third-order valence-electron chi connectivity index (χ3n) is 3.71. The molecule has 0 spiro atoms. The van der Waals surface area contributed by atoms with E-state index in [0.717, 1.165) is 12.1 Å². The summed E-state index contributed by atoms with van der Waals surface area (Å²) in [5.41, 5.74) is -1.02. The molecule has 6 nitrogen and oxygen atoms in total. The number of hydrogen-bond donors (Lipinski definition) is 1. The Bertz CT molecular complexity index is 642. The molecule has 1 N–H and O–H groups in total. The van der Waals surface area contributed by atoms with Crippen LogP contribution in [0.5, 0.6) is 0 Å². The van der Waals surface area contributed by atoms with Gasteiger partial charge in [-0.2, -0.15) is 4.39 Å². The maximum Gasteiger partial charge on any atom is 0.304 e. The van der Waals surface area contributed by atoms with Crippen molar-refractivity contribution in [1.82, 2.24) is 4.72 Å². The van der Waals surface area contributed by atoms with Crippen molar-refractivity contribution >= 4 is 15.7 Å². The van der Waals surface area contributed by atoms with Gasteiger partial charge < -0.3 is 0 Å². The maximum absolute atomic E-state index is 13.5. The highest BCUT2D eigenvalue weighted by atomic mass is 32.2. The number of hydrogen-bond acceptors (Lipinski definition) is 4. The smallest absolute Gasteiger partial charge is 0.258 e. The van der Waals surface area contributed by atoms with E-state index in [1.165, 1.54) is 0 Å². The molecule has 118 valence electrons. The lowest BCUT2D eigenvalue weighted by molar-refractivity contribution is -0.387. The fourth-order valence-electron chi connectivity index (χ4n) is 1.37. The number of nitro groups is 1. The van der Waals surface area contributed by atoms with Crippen molar-refractivity contribution < 1.29 is 17.7 Å². The molecule has 0 aliphatic rings. The largest absolute Gasteiger partial charge is 0.304 e. The Labute approximate surface area is 123 Å². The molecule has 0 saturated carbocycles. The first-order valence-electron chi connectivity index (χ1n) is 6.41. The number of nitrogens with one attached hydrogen (secondary N) is 1. The van der Waals surface area contributed by atoms with Gasteiger partial charge in [0.15, 0.2) is 0 Å². The van der Waals surface area contributed by atoms with E-state index >= 15 is 0 Å². The highest BCUT2D eigenvalue weighted by Crippen LogP contribution is 2.26. The molecule has 0 aromatic heterocycles. The average molecular weight is 318 g/mol. The molecule has 1 rings (SSSR count). The maximum atomic E-state index is 13.5. The Kier molecular flexibility index (Phi) is 5.06. The number of nitrogens with zero attached hydrogens (tertiary/aromatic N) is 1. The van der Waals surface area contributed by atoms with Gasteiger partial charge in [-0.15, -0.1) is 0 Å². The fourth-order valence-corrected chi connectivity index (χ4v) is 2.61. The van der Waals surface area contributed by atoms with Crippen molar-refractivity contribution in [3.63, 3.8) is 0 Å². The Morgan fingerprint density at radius 1 is 1.38 bits per heavy atom. The molecule has 0 heterocycles. The molecule has 0 saturated heterocycles. The van der Waals surface area contributed by atoms with Gasteiger partial charge in [-0.25, -0.2) is 13.1 Å². The van der Waals surface area contributed by atoms with Crippen LogP contribution >= 0.6 is 0 Å². The first-order valence-corrected chi connectivity index (χ1v) is 7.89. The summed E-state index contributed by atoms with van der Waals surface area (Å²) in [5, 5.41) is 10.5. The molecule has 0 aliphatic heterocycles. The van der Waals surface area contributed by atoms with Crippen molar-refractivity contribution in [3.8, 4) is 0 Å². The Morgan fingerprint density at radius 3 is 2.38 bits per heavy atom. The summed E-state index contributed by atoms with van der Waals surface area (Å²) in [4.78, 5) is 9.29. The zero-order valence-electron chi connectivity index (χ0n) is 12.4. The molecule has 0 atom stereocenters. The molecule has 0 fully saturated rings. The minimum atomic E-state index is -3.90. The Balaban J connectivity index is 2.99. The SMILES string of the molecule is CC(C)C(C)(C)CNS(=O)(=O)c1ccc([N+](=O)[O-])c(F)c1. The van der Waals surface area contributed by atoms with E-state index in [1.54, 1.807) is 0 Å². The van der Waals surface area contributed by atoms with Crippen molar-refractivity contribution in [1.29, 1.82) is 0 Å². The minimum Gasteiger partial charge on any atom is -0.258 e. The lowest BCUT2D eigenvalue weighted by atomic mass is 9.81. The lowest BCUT2D eigenvalue weighted by Gasteiger charge is -2.29. The van der Waals surface area contributed by atoms with Crippen molar-refractivity contribution in [2.75, 3.05) is 6.54 Å². The second kappa shape index (κ2) is 6.07. The lowest BCUT2D eigenvalue weighted by Crippen LogP contribution is -2.37. The van der Waals surface area contributed by atoms with Gasteiger partial charge in [0.05, 0.1) is 9.82 Å². The van der Waals surface area contributed by atoms with E-state index in [-0.39, 0.29) is 22.8 Å². The topological polar surface area (TPSA) is 89.3 Å². The highest BCUT2D eigenvalue weighted by molar-refractivity contribution is 7.89. The van der Waals surface area contributed by atoms with Crippen LogP contribution in [0.2, 0.25) is 0 Å². The molecule has 0 aliphatic carbocycles. The summed E-state index contributed by atoms with van der Waals surface area (Å²) in [5.74, 6) is -0.931. The second-order valence-electron chi connectivity index (χ2n) is 5.84. The summed E-state index contributed by atoms with van der Waals surface area (Å²) < 4.78 is 40.1. The molecule has 0 radical (unpaired) electrons. The standard InChI is InChI=1S/C13H19FN2O4S/c1-9(2)13(3,4)8-15-21(19,20)10-5-6-12(16(17)18)11(14)7-10/h5-7,9,15H,8H2,1-4H3. The highest BCUT2D eigenvalue weighted by Gasteiger charge is 2.26. The van der Waals surface area contributed by atoms with Crippen LogP contribution in [0.1, 0.15) is 27.7 Å². The van der Waals surface area contributed by atoms with Gasteiger partial charge in [-0.3, -0.25) is 10.1 Å². The molecule has 0 unspecified atom stereocenters. The van der Waals surface area contributed by atoms with E-state index in [9.17, 15) is 22.9 Å². The van der Waals surface area contributed by atoms with Gasteiger partial charge in [0.25, 0.3) is 0 Å². The van der Waals surface area contributed by atoms with Gasteiger partial charge in [-0.1, -0.05) is 27.7 Å². The van der Waals surface area contributed by atoms with Crippen LogP contribution in [0.3, 0.4) is 0 Å². The fraction of sp³-hybridized carbons (Fsp3) is 0.538. The first kappa shape index (κ1) is 17.5. The van der Waals surface area contributed by atoms with Gasteiger partial charge in [0.1, 0.15) is 0 Å². The third kappa shape index (κ3) is 4.21. The van der Waals surface area contributed by atoms with E-state index in [4.69, 9.17) is 0 Å². The van der Waals surface area contributed by atoms with Crippen LogP contribution in [0, 0.1) is 27.3 Å². The number of sulfonamides is 1. The molecule has 21 heavy (non-hydrogen) atoms. The van der Waals surface area contributed by atoms with Crippen molar-refractivity contribution in [2.45, 2.75) is 32.6 Å². The van der Waals surface area contributed by atoms with E-state index in [1.807, 2.05) is 27.7 Å². The van der Waals surface area contributed by atoms with Crippen LogP contribution in [-0.2, 0) is 10.0 Å². The molecule has 0 amide bonds. The van der Waals surface area contributed by atoms with Crippen LogP contribution in [0.15, 0.2) is 23.1 Å². The quantitative estimate of drug-likeness (QED) is 0.645. The van der Waals surface area contributed by atoms with Gasteiger partial charge in [0.2, 0.25) is 15.8 Å². The zero-order chi connectivity index (χ0) is 16.4. The summed E-state index contributed by atoms with van der Waals surface area (Å²) in [6, 6.07) is 2.52. The van der Waals surface area contributed by atoms with Crippen molar-refractivity contribution in [2.24, 2.45) is 11.3 Å². The molecule has 1 aromatic carbocycles. The predicted molar refractivity (Wildman–Crippen MR) is 76.9 cm³/mol. The van der Waals surface area contributed by atoms with Crippen molar-refractivity contribution in [3.05, 3.63) is 34.1 Å². The number of rotatable bonds is 6. The summed E-state index contributed by atoms with van der Waals surface area (Å²) in [6.45, 7) is 7.96. The average Bonchev–Trinajstić information content (AvgIpc) is 2.36. The molecule has 1 aromatic rings. The first-order chi connectivity index (χ1) is 9.47. The van der Waals surface area contributed by atoms with E-state index in [0.29, 0.717) is 6.07 Å². The zero-order valence-corrected chi connectivity index (χ0v) is 13.2. The van der Waals surface area contributed by atoms with E-state index in [2.05, 4.69) is 4.72 Å². The summed E-state index contributed by atoms with van der Waals surface area (Å²) in [6.07, 6.45) is 0. The molecule has 0 bridgehead atoms. The Hall–Kier alpha value is -1.54. The number of nitro benzene ring substituents is 1.